The van der Waals surface area contributed by atoms with Crippen molar-refractivity contribution >= 4 is 23.0 Å². The molecule has 2 aromatic rings. The van der Waals surface area contributed by atoms with Crippen molar-refractivity contribution in [2.45, 2.75) is 0 Å². The Hall–Kier alpha value is -2.31. The molecule has 0 aliphatic carbocycles. The van der Waals surface area contributed by atoms with Gasteiger partial charge in [0.2, 0.25) is 5.95 Å². The minimum absolute atomic E-state index is 0.00855. The van der Waals surface area contributed by atoms with Crippen LogP contribution in [0.5, 0.6) is 0 Å². The summed E-state index contributed by atoms with van der Waals surface area (Å²) < 4.78 is 4.49. The number of carbonyl (C=O) groups is 1. The van der Waals surface area contributed by atoms with Crippen molar-refractivity contribution in [3.63, 3.8) is 0 Å². The Morgan fingerprint density at radius 1 is 1.53 bits per heavy atom. The van der Waals surface area contributed by atoms with Gasteiger partial charge < -0.3 is 15.5 Å². The fourth-order valence-electron chi connectivity index (χ4n) is 1.26. The number of methoxy groups -OCH3 is 1. The van der Waals surface area contributed by atoms with Crippen LogP contribution in [0.15, 0.2) is 10.9 Å². The molecular formula is C8H8N4O3. The number of nitrogens with zero attached hydrogens (tertiary/aromatic N) is 1. The molecular weight excluding hydrogens is 200 g/mol. The Morgan fingerprint density at radius 2 is 2.27 bits per heavy atom. The first-order valence-corrected chi connectivity index (χ1v) is 4.08. The van der Waals surface area contributed by atoms with Crippen molar-refractivity contribution in [2.75, 3.05) is 12.8 Å². The van der Waals surface area contributed by atoms with E-state index in [-0.39, 0.29) is 22.7 Å². The number of hydrogen-bond donors (Lipinski definition) is 3. The highest BCUT2D eigenvalue weighted by atomic mass is 16.5. The van der Waals surface area contributed by atoms with Crippen LogP contribution in [0.1, 0.15) is 10.5 Å². The molecule has 0 saturated heterocycles. The van der Waals surface area contributed by atoms with Crippen LogP contribution in [-0.2, 0) is 4.74 Å². The van der Waals surface area contributed by atoms with E-state index in [0.29, 0.717) is 0 Å². The molecule has 0 radical (unpaired) electrons. The van der Waals surface area contributed by atoms with Crippen molar-refractivity contribution < 1.29 is 9.53 Å². The first-order valence-electron chi connectivity index (χ1n) is 4.08. The van der Waals surface area contributed by atoms with E-state index in [2.05, 4.69) is 19.7 Å². The molecule has 2 heterocycles. The van der Waals surface area contributed by atoms with Crippen LogP contribution in [0.4, 0.5) is 5.95 Å². The van der Waals surface area contributed by atoms with Crippen LogP contribution < -0.4 is 11.3 Å². The molecule has 0 aliphatic rings. The quantitative estimate of drug-likeness (QED) is 0.553. The lowest BCUT2D eigenvalue weighted by Gasteiger charge is -1.92. The number of H-pyrrole nitrogens is 2. The monoisotopic (exact) mass is 208 g/mol. The first kappa shape index (κ1) is 9.25. The van der Waals surface area contributed by atoms with Crippen LogP contribution in [-0.4, -0.2) is 28.0 Å². The molecule has 7 heteroatoms. The summed E-state index contributed by atoms with van der Waals surface area (Å²) in [4.78, 5) is 31.3. The third kappa shape index (κ3) is 1.43. The van der Waals surface area contributed by atoms with E-state index in [1.54, 1.807) is 0 Å². The molecule has 7 nitrogen and oxygen atoms in total. The van der Waals surface area contributed by atoms with Gasteiger partial charge in [-0.1, -0.05) is 0 Å². The van der Waals surface area contributed by atoms with Crippen molar-refractivity contribution in [1.29, 1.82) is 0 Å². The lowest BCUT2D eigenvalue weighted by atomic mass is 10.3. The molecule has 15 heavy (non-hydrogen) atoms. The summed E-state index contributed by atoms with van der Waals surface area (Å²) >= 11 is 0. The van der Waals surface area contributed by atoms with E-state index < -0.39 is 11.5 Å². The molecule has 0 bridgehead atoms. The van der Waals surface area contributed by atoms with Crippen molar-refractivity contribution in [3.8, 4) is 0 Å². The van der Waals surface area contributed by atoms with E-state index in [1.807, 2.05) is 0 Å². The SMILES string of the molecule is COC(=O)c1cc2c(=O)[nH]c(N)nc2[nH]1. The lowest BCUT2D eigenvalue weighted by Crippen LogP contribution is -2.09. The smallest absolute Gasteiger partial charge is 0.354 e. The Kier molecular flexibility index (Phi) is 1.93. The number of anilines is 1. The molecule has 0 aliphatic heterocycles. The summed E-state index contributed by atoms with van der Waals surface area (Å²) in [7, 11) is 1.25. The van der Waals surface area contributed by atoms with Gasteiger partial charge in [0.25, 0.3) is 5.56 Å². The summed E-state index contributed by atoms with van der Waals surface area (Å²) in [5, 5.41) is 0.268. The highest BCUT2D eigenvalue weighted by molar-refractivity contribution is 5.93. The number of rotatable bonds is 1. The summed E-state index contributed by atoms with van der Waals surface area (Å²) in [6, 6.07) is 1.37. The Balaban J connectivity index is 2.71. The molecule has 2 aromatic heterocycles. The molecule has 0 saturated carbocycles. The zero-order valence-electron chi connectivity index (χ0n) is 7.83. The van der Waals surface area contributed by atoms with Gasteiger partial charge in [-0.3, -0.25) is 9.78 Å². The van der Waals surface area contributed by atoms with Crippen molar-refractivity contribution in [1.82, 2.24) is 15.0 Å². The average molecular weight is 208 g/mol. The number of aromatic amines is 2. The number of ether oxygens (including phenoxy) is 1. The fourth-order valence-corrected chi connectivity index (χ4v) is 1.26. The number of nitrogens with two attached hydrogens (primary N) is 1. The minimum atomic E-state index is -0.564. The number of aromatic nitrogens is 3. The largest absolute Gasteiger partial charge is 0.464 e. The highest BCUT2D eigenvalue weighted by Crippen LogP contribution is 2.09. The number of hydrogen-bond acceptors (Lipinski definition) is 5. The Labute approximate surface area is 83.3 Å². The molecule has 0 spiro atoms. The number of fused-ring (bicyclic) bond motifs is 1. The average Bonchev–Trinajstić information content (AvgIpc) is 2.60. The van der Waals surface area contributed by atoms with Gasteiger partial charge in [-0.15, -0.1) is 0 Å². The second kappa shape index (κ2) is 3.12. The third-order valence-electron chi connectivity index (χ3n) is 1.92. The summed E-state index contributed by atoms with van der Waals surface area (Å²) in [6.07, 6.45) is 0. The number of esters is 1. The molecule has 0 aromatic carbocycles. The zero-order valence-corrected chi connectivity index (χ0v) is 7.83. The van der Waals surface area contributed by atoms with Gasteiger partial charge >= 0.3 is 5.97 Å². The first-order chi connectivity index (χ1) is 7.11. The summed E-state index contributed by atoms with van der Waals surface area (Å²) in [5.41, 5.74) is 5.36. The lowest BCUT2D eigenvalue weighted by molar-refractivity contribution is 0.0595. The van der Waals surface area contributed by atoms with E-state index >= 15 is 0 Å². The molecule has 0 atom stereocenters. The van der Waals surface area contributed by atoms with Gasteiger partial charge in [0, 0.05) is 0 Å². The third-order valence-corrected chi connectivity index (χ3v) is 1.92. The Morgan fingerprint density at radius 3 is 2.93 bits per heavy atom. The predicted octanol–water partition coefficient (Wildman–Crippen LogP) is -0.380. The van der Waals surface area contributed by atoms with Crippen molar-refractivity contribution in [2.24, 2.45) is 0 Å². The summed E-state index contributed by atoms with van der Waals surface area (Å²) in [6.45, 7) is 0. The van der Waals surface area contributed by atoms with Crippen LogP contribution in [0.2, 0.25) is 0 Å². The predicted molar refractivity (Wildman–Crippen MR) is 52.5 cm³/mol. The molecule has 0 amide bonds. The van der Waals surface area contributed by atoms with Gasteiger partial charge in [0.15, 0.2) is 0 Å². The fraction of sp³-hybridized carbons (Fsp3) is 0.125. The van der Waals surface area contributed by atoms with Gasteiger partial charge in [0.1, 0.15) is 11.3 Å². The molecule has 4 N–H and O–H groups in total. The van der Waals surface area contributed by atoms with Crippen LogP contribution >= 0.6 is 0 Å². The highest BCUT2D eigenvalue weighted by Gasteiger charge is 2.12. The number of nitrogen functional groups attached to an aromatic ring is 1. The van der Waals surface area contributed by atoms with Gasteiger partial charge in [-0.05, 0) is 6.07 Å². The molecule has 78 valence electrons. The van der Waals surface area contributed by atoms with Crippen LogP contribution in [0.3, 0.4) is 0 Å². The Bertz CT molecular complexity index is 583. The van der Waals surface area contributed by atoms with Gasteiger partial charge in [-0.2, -0.15) is 4.98 Å². The van der Waals surface area contributed by atoms with E-state index in [4.69, 9.17) is 5.73 Å². The topological polar surface area (TPSA) is 114 Å². The molecule has 2 rings (SSSR count). The normalized spacial score (nSPS) is 10.5. The maximum Gasteiger partial charge on any atom is 0.354 e. The molecule has 0 unspecified atom stereocenters. The second-order valence-electron chi connectivity index (χ2n) is 2.89. The minimum Gasteiger partial charge on any atom is -0.464 e. The maximum absolute atomic E-state index is 11.4. The second-order valence-corrected chi connectivity index (χ2v) is 2.89. The maximum atomic E-state index is 11.4. The van der Waals surface area contributed by atoms with E-state index in [1.165, 1.54) is 13.2 Å². The van der Waals surface area contributed by atoms with Gasteiger partial charge in [0.05, 0.1) is 12.5 Å². The summed E-state index contributed by atoms with van der Waals surface area (Å²) in [5.74, 6) is -0.572. The number of carbonyl (C=O) groups excluding carboxylic acids is 1. The number of nitrogens with one attached hydrogen (secondary N) is 2. The van der Waals surface area contributed by atoms with E-state index in [0.717, 1.165) is 0 Å². The van der Waals surface area contributed by atoms with Crippen molar-refractivity contribution in [3.05, 3.63) is 22.1 Å². The van der Waals surface area contributed by atoms with E-state index in [9.17, 15) is 9.59 Å². The standard InChI is InChI=1S/C8H8N4O3/c1-15-7(14)4-2-3-5(10-4)11-8(9)12-6(3)13/h2H,1H3,(H4,9,10,11,12,13). The van der Waals surface area contributed by atoms with Gasteiger partial charge in [-0.25, -0.2) is 4.79 Å². The zero-order chi connectivity index (χ0) is 11.0. The van der Waals surface area contributed by atoms with Crippen LogP contribution in [0, 0.1) is 0 Å². The molecule has 0 fully saturated rings. The van der Waals surface area contributed by atoms with Crippen LogP contribution in [0.25, 0.3) is 11.0 Å².